The van der Waals surface area contributed by atoms with Crippen molar-refractivity contribution in [1.82, 2.24) is 5.32 Å². The Balaban J connectivity index is 1.91. The Kier molecular flexibility index (Phi) is 4.09. The summed E-state index contributed by atoms with van der Waals surface area (Å²) in [7, 11) is 0. The third-order valence-corrected chi connectivity index (χ3v) is 2.72. The molecule has 1 aromatic rings. The van der Waals surface area contributed by atoms with Gasteiger partial charge in [0, 0.05) is 5.69 Å². The molecule has 0 saturated carbocycles. The minimum atomic E-state index is -2.84. The summed E-state index contributed by atoms with van der Waals surface area (Å²) in [5.74, 6) is -0.0305. The van der Waals surface area contributed by atoms with Crippen LogP contribution in [0.1, 0.15) is 12.8 Å². The van der Waals surface area contributed by atoms with Crippen LogP contribution in [0.4, 0.5) is 14.5 Å². The fourth-order valence-corrected chi connectivity index (χ4v) is 1.86. The molecule has 1 atom stereocenters. The lowest BCUT2D eigenvalue weighted by Crippen LogP contribution is -2.35. The lowest BCUT2D eigenvalue weighted by molar-refractivity contribution is -0.117. The first-order chi connectivity index (χ1) is 8.65. The smallest absolute Gasteiger partial charge is 0.387 e. The first kappa shape index (κ1) is 12.8. The molecule has 0 aliphatic carbocycles. The number of anilines is 1. The summed E-state index contributed by atoms with van der Waals surface area (Å²) in [5, 5.41) is 5.80. The topological polar surface area (TPSA) is 50.4 Å². The van der Waals surface area contributed by atoms with E-state index in [0.29, 0.717) is 5.69 Å². The average molecular weight is 256 g/mol. The van der Waals surface area contributed by atoms with Gasteiger partial charge in [-0.1, -0.05) is 0 Å². The zero-order valence-electron chi connectivity index (χ0n) is 9.66. The fourth-order valence-electron chi connectivity index (χ4n) is 1.86. The number of alkyl halides is 2. The minimum absolute atomic E-state index is 0.0713. The Hall–Kier alpha value is -1.69. The van der Waals surface area contributed by atoms with E-state index in [1.54, 1.807) is 0 Å². The number of carbonyl (C=O) groups is 1. The lowest BCUT2D eigenvalue weighted by atomic mass is 10.2. The van der Waals surface area contributed by atoms with Crippen LogP contribution in [0.3, 0.4) is 0 Å². The molecule has 1 aromatic carbocycles. The molecule has 1 aliphatic rings. The molecule has 2 N–H and O–H groups in total. The van der Waals surface area contributed by atoms with Crippen molar-refractivity contribution in [2.45, 2.75) is 25.5 Å². The van der Waals surface area contributed by atoms with Crippen LogP contribution in [0.5, 0.6) is 5.75 Å². The molecule has 6 heteroatoms. The molecule has 1 unspecified atom stereocenters. The van der Waals surface area contributed by atoms with Crippen molar-refractivity contribution in [2.24, 2.45) is 0 Å². The number of carbonyl (C=O) groups excluding carboxylic acids is 1. The molecule has 0 spiro atoms. The SMILES string of the molecule is O=C(Nc1ccc(OC(F)F)cc1)C1CCCN1. The van der Waals surface area contributed by atoms with Crippen molar-refractivity contribution in [2.75, 3.05) is 11.9 Å². The normalized spacial score (nSPS) is 18.9. The van der Waals surface area contributed by atoms with Crippen LogP contribution in [0.15, 0.2) is 24.3 Å². The predicted molar refractivity (Wildman–Crippen MR) is 62.7 cm³/mol. The van der Waals surface area contributed by atoms with Crippen LogP contribution < -0.4 is 15.4 Å². The van der Waals surface area contributed by atoms with Crippen molar-refractivity contribution >= 4 is 11.6 Å². The van der Waals surface area contributed by atoms with Gasteiger partial charge < -0.3 is 15.4 Å². The second-order valence-electron chi connectivity index (χ2n) is 4.04. The number of rotatable bonds is 4. The van der Waals surface area contributed by atoms with Crippen LogP contribution in [-0.4, -0.2) is 25.1 Å². The van der Waals surface area contributed by atoms with Gasteiger partial charge in [-0.3, -0.25) is 4.79 Å². The molecule has 1 fully saturated rings. The van der Waals surface area contributed by atoms with Gasteiger partial charge in [-0.2, -0.15) is 8.78 Å². The standard InChI is InChI=1S/C12H14F2N2O2/c13-12(14)18-9-5-3-8(4-6-9)16-11(17)10-2-1-7-15-10/h3-6,10,12,15H,1-2,7H2,(H,16,17). The van der Waals surface area contributed by atoms with Crippen molar-refractivity contribution in [3.05, 3.63) is 24.3 Å². The number of ether oxygens (including phenoxy) is 1. The highest BCUT2D eigenvalue weighted by molar-refractivity contribution is 5.95. The molecule has 0 aromatic heterocycles. The Morgan fingerprint density at radius 1 is 1.39 bits per heavy atom. The molecule has 1 saturated heterocycles. The summed E-state index contributed by atoms with van der Waals surface area (Å²) in [6.45, 7) is -1.99. The third kappa shape index (κ3) is 3.40. The fraction of sp³-hybridized carbons (Fsp3) is 0.417. The average Bonchev–Trinajstić information content (AvgIpc) is 2.84. The molecule has 1 amide bonds. The van der Waals surface area contributed by atoms with Crippen molar-refractivity contribution in [3.63, 3.8) is 0 Å². The second-order valence-corrected chi connectivity index (χ2v) is 4.04. The quantitative estimate of drug-likeness (QED) is 0.866. The number of hydrogen-bond donors (Lipinski definition) is 2. The van der Waals surface area contributed by atoms with E-state index in [9.17, 15) is 13.6 Å². The number of benzene rings is 1. The largest absolute Gasteiger partial charge is 0.435 e. The first-order valence-electron chi connectivity index (χ1n) is 5.74. The van der Waals surface area contributed by atoms with Gasteiger partial charge in [0.15, 0.2) is 0 Å². The highest BCUT2D eigenvalue weighted by atomic mass is 19.3. The second kappa shape index (κ2) is 5.77. The highest BCUT2D eigenvalue weighted by Gasteiger charge is 2.21. The Morgan fingerprint density at radius 3 is 2.67 bits per heavy atom. The van der Waals surface area contributed by atoms with E-state index in [0.717, 1.165) is 19.4 Å². The van der Waals surface area contributed by atoms with Gasteiger partial charge in [0.1, 0.15) is 5.75 Å². The van der Waals surface area contributed by atoms with Crippen molar-refractivity contribution < 1.29 is 18.3 Å². The molecule has 4 nitrogen and oxygen atoms in total. The van der Waals surface area contributed by atoms with Gasteiger partial charge in [-0.05, 0) is 43.7 Å². The van der Waals surface area contributed by atoms with E-state index in [1.807, 2.05) is 0 Å². The molecule has 0 bridgehead atoms. The van der Waals surface area contributed by atoms with Gasteiger partial charge in [0.25, 0.3) is 0 Å². The number of halogens is 2. The molecular weight excluding hydrogens is 242 g/mol. The molecule has 2 rings (SSSR count). The number of amides is 1. The van der Waals surface area contributed by atoms with E-state index in [4.69, 9.17) is 0 Å². The van der Waals surface area contributed by atoms with Crippen LogP contribution in [0.25, 0.3) is 0 Å². The highest BCUT2D eigenvalue weighted by Crippen LogP contribution is 2.18. The van der Waals surface area contributed by atoms with Gasteiger partial charge in [-0.25, -0.2) is 0 Å². The Bertz CT molecular complexity index is 403. The first-order valence-corrected chi connectivity index (χ1v) is 5.74. The van der Waals surface area contributed by atoms with Gasteiger partial charge in [0.05, 0.1) is 6.04 Å². The van der Waals surface area contributed by atoms with Gasteiger partial charge >= 0.3 is 6.61 Å². The van der Waals surface area contributed by atoms with E-state index < -0.39 is 6.61 Å². The van der Waals surface area contributed by atoms with Crippen LogP contribution in [0.2, 0.25) is 0 Å². The van der Waals surface area contributed by atoms with Crippen LogP contribution >= 0.6 is 0 Å². The summed E-state index contributed by atoms with van der Waals surface area (Å²) in [5.41, 5.74) is 0.565. The molecule has 18 heavy (non-hydrogen) atoms. The molecular formula is C12H14F2N2O2. The minimum Gasteiger partial charge on any atom is -0.435 e. The van der Waals surface area contributed by atoms with E-state index >= 15 is 0 Å². The Labute approximate surface area is 103 Å². The zero-order chi connectivity index (χ0) is 13.0. The van der Waals surface area contributed by atoms with E-state index in [-0.39, 0.29) is 17.7 Å². The molecule has 1 aliphatic heterocycles. The van der Waals surface area contributed by atoms with E-state index in [1.165, 1.54) is 24.3 Å². The van der Waals surface area contributed by atoms with Crippen molar-refractivity contribution in [1.29, 1.82) is 0 Å². The summed E-state index contributed by atoms with van der Waals surface area (Å²) in [6, 6.07) is 5.69. The van der Waals surface area contributed by atoms with Gasteiger partial charge in [0.2, 0.25) is 5.91 Å². The lowest BCUT2D eigenvalue weighted by Gasteiger charge is -2.11. The third-order valence-electron chi connectivity index (χ3n) is 2.72. The number of hydrogen-bond acceptors (Lipinski definition) is 3. The summed E-state index contributed by atoms with van der Waals surface area (Å²) in [6.07, 6.45) is 1.80. The maximum atomic E-state index is 11.9. The zero-order valence-corrected chi connectivity index (χ0v) is 9.66. The monoisotopic (exact) mass is 256 g/mol. The summed E-state index contributed by atoms with van der Waals surface area (Å²) in [4.78, 5) is 11.8. The maximum absolute atomic E-state index is 11.9. The summed E-state index contributed by atoms with van der Waals surface area (Å²) < 4.78 is 28.1. The van der Waals surface area contributed by atoms with Gasteiger partial charge in [-0.15, -0.1) is 0 Å². The molecule has 98 valence electrons. The molecule has 0 radical (unpaired) electrons. The summed E-state index contributed by atoms with van der Waals surface area (Å²) >= 11 is 0. The van der Waals surface area contributed by atoms with Crippen LogP contribution in [0, 0.1) is 0 Å². The Morgan fingerprint density at radius 2 is 2.11 bits per heavy atom. The predicted octanol–water partition coefficient (Wildman–Crippen LogP) is 1.98. The van der Waals surface area contributed by atoms with Crippen molar-refractivity contribution in [3.8, 4) is 5.75 Å². The molecule has 1 heterocycles. The van der Waals surface area contributed by atoms with Crippen LogP contribution in [-0.2, 0) is 4.79 Å². The van der Waals surface area contributed by atoms with E-state index in [2.05, 4.69) is 15.4 Å². The maximum Gasteiger partial charge on any atom is 0.387 e. The number of nitrogens with one attached hydrogen (secondary N) is 2.